The van der Waals surface area contributed by atoms with Crippen molar-refractivity contribution in [2.75, 3.05) is 0 Å². The highest BCUT2D eigenvalue weighted by Gasteiger charge is 2.22. The van der Waals surface area contributed by atoms with Crippen molar-refractivity contribution >= 4 is 17.6 Å². The molecule has 2 heteroatoms. The molecule has 0 spiro atoms. The normalized spacial score (nSPS) is 16.8. The van der Waals surface area contributed by atoms with Gasteiger partial charge in [0.25, 0.3) is 0 Å². The molecule has 25 heavy (non-hydrogen) atoms. The number of allylic oxidation sites excluding steroid dienone is 1. The molecule has 2 aromatic carbocycles. The quantitative estimate of drug-likeness (QED) is 0.564. The van der Waals surface area contributed by atoms with Crippen LogP contribution in [-0.4, -0.2) is 11.1 Å². The van der Waals surface area contributed by atoms with Crippen LogP contribution in [0.1, 0.15) is 66.2 Å². The highest BCUT2D eigenvalue weighted by Crippen LogP contribution is 2.34. The van der Waals surface area contributed by atoms with E-state index in [-0.39, 0.29) is 0 Å². The van der Waals surface area contributed by atoms with Crippen LogP contribution in [0, 0.1) is 5.41 Å². The van der Waals surface area contributed by atoms with Gasteiger partial charge in [-0.25, -0.2) is 4.79 Å². The number of hydrogen-bond acceptors (Lipinski definition) is 1. The molecule has 0 aromatic heterocycles. The van der Waals surface area contributed by atoms with E-state index in [9.17, 15) is 4.79 Å². The van der Waals surface area contributed by atoms with E-state index in [1.165, 1.54) is 41.5 Å². The molecule has 1 aliphatic rings. The summed E-state index contributed by atoms with van der Waals surface area (Å²) in [6, 6.07) is 13.9. The monoisotopic (exact) mass is 334 g/mol. The summed E-state index contributed by atoms with van der Waals surface area (Å²) in [7, 11) is 0. The van der Waals surface area contributed by atoms with Crippen molar-refractivity contribution in [3.05, 3.63) is 70.3 Å². The number of aromatic carboxylic acids is 1. The maximum atomic E-state index is 11.0. The fourth-order valence-electron chi connectivity index (χ4n) is 3.47. The van der Waals surface area contributed by atoms with Gasteiger partial charge in [0.1, 0.15) is 0 Å². The minimum atomic E-state index is -0.888. The van der Waals surface area contributed by atoms with Crippen molar-refractivity contribution in [2.24, 2.45) is 5.41 Å². The molecule has 0 bridgehead atoms. The summed E-state index contributed by atoms with van der Waals surface area (Å²) in [5.41, 5.74) is 7.21. The lowest BCUT2D eigenvalue weighted by Crippen LogP contribution is -2.10. The van der Waals surface area contributed by atoms with E-state index in [1.807, 2.05) is 12.1 Å². The highest BCUT2D eigenvalue weighted by molar-refractivity contribution is 5.88. The number of carbonyl (C=O) groups is 1. The Kier molecular flexibility index (Phi) is 4.80. The molecule has 130 valence electrons. The van der Waals surface area contributed by atoms with Gasteiger partial charge in [0.05, 0.1) is 5.56 Å². The predicted octanol–water partition coefficient (Wildman–Crippen LogP) is 5.85. The highest BCUT2D eigenvalue weighted by atomic mass is 16.4. The molecule has 0 saturated carbocycles. The maximum absolute atomic E-state index is 11.0. The van der Waals surface area contributed by atoms with Gasteiger partial charge in [0.2, 0.25) is 0 Å². The lowest BCUT2D eigenvalue weighted by Gasteiger charge is -2.21. The molecule has 3 rings (SSSR count). The summed E-state index contributed by atoms with van der Waals surface area (Å²) < 4.78 is 0. The van der Waals surface area contributed by atoms with Gasteiger partial charge in [-0.3, -0.25) is 0 Å². The molecule has 0 aliphatic heterocycles. The first-order valence-corrected chi connectivity index (χ1v) is 8.98. The lowest BCUT2D eigenvalue weighted by atomic mass is 9.85. The fourth-order valence-corrected chi connectivity index (χ4v) is 3.47. The van der Waals surface area contributed by atoms with E-state index in [1.54, 1.807) is 12.1 Å². The second kappa shape index (κ2) is 6.87. The molecule has 1 aliphatic carbocycles. The summed E-state index contributed by atoms with van der Waals surface area (Å²) in [6.45, 7) is 6.85. The Balaban J connectivity index is 1.84. The van der Waals surface area contributed by atoms with E-state index in [4.69, 9.17) is 5.11 Å². The smallest absolute Gasteiger partial charge is 0.335 e. The Bertz CT molecular complexity index is 810. The number of carboxylic acids is 1. The van der Waals surface area contributed by atoms with Gasteiger partial charge in [-0.2, -0.15) is 0 Å². The molecule has 2 nitrogen and oxygen atoms in total. The van der Waals surface area contributed by atoms with Crippen molar-refractivity contribution in [3.63, 3.8) is 0 Å². The molecular formula is C23H26O2. The first-order chi connectivity index (χ1) is 11.8. The van der Waals surface area contributed by atoms with Crippen LogP contribution in [0.2, 0.25) is 0 Å². The van der Waals surface area contributed by atoms with Crippen LogP contribution in [-0.2, 0) is 12.8 Å². The van der Waals surface area contributed by atoms with Crippen LogP contribution in [0.15, 0.2) is 42.5 Å². The molecule has 0 saturated heterocycles. The zero-order chi connectivity index (χ0) is 18.0. The zero-order valence-electron chi connectivity index (χ0n) is 15.3. The Labute approximate surface area is 150 Å². The molecule has 1 N–H and O–H groups in total. The lowest BCUT2D eigenvalue weighted by molar-refractivity contribution is 0.0697. The van der Waals surface area contributed by atoms with Crippen molar-refractivity contribution in [1.29, 1.82) is 0 Å². The maximum Gasteiger partial charge on any atom is 0.335 e. The minimum absolute atomic E-state index is 0.322. The van der Waals surface area contributed by atoms with E-state index in [0.29, 0.717) is 11.0 Å². The van der Waals surface area contributed by atoms with Gasteiger partial charge in [-0.05, 0) is 78.0 Å². The number of hydrogen-bond donors (Lipinski definition) is 1. The number of aryl methyl sites for hydroxylation is 2. The topological polar surface area (TPSA) is 37.3 Å². The fraction of sp³-hybridized carbons (Fsp3) is 0.348. The van der Waals surface area contributed by atoms with Gasteiger partial charge in [0, 0.05) is 0 Å². The number of carboxylic acid groups (broad SMARTS) is 1. The average molecular weight is 334 g/mol. The number of fused-ring (bicyclic) bond motifs is 1. The first-order valence-electron chi connectivity index (χ1n) is 8.98. The van der Waals surface area contributed by atoms with Gasteiger partial charge < -0.3 is 5.11 Å². The largest absolute Gasteiger partial charge is 0.478 e. The predicted molar refractivity (Wildman–Crippen MR) is 104 cm³/mol. The second-order valence-electron chi connectivity index (χ2n) is 7.90. The van der Waals surface area contributed by atoms with Gasteiger partial charge in [0.15, 0.2) is 0 Å². The third-order valence-electron chi connectivity index (χ3n) is 5.34. The summed E-state index contributed by atoms with van der Waals surface area (Å²) >= 11 is 0. The molecule has 2 aromatic rings. The third-order valence-corrected chi connectivity index (χ3v) is 5.34. The van der Waals surface area contributed by atoms with Crippen LogP contribution in [0.4, 0.5) is 0 Å². The van der Waals surface area contributed by atoms with Crippen LogP contribution in [0.3, 0.4) is 0 Å². The minimum Gasteiger partial charge on any atom is -0.478 e. The van der Waals surface area contributed by atoms with Crippen LogP contribution in [0.25, 0.3) is 11.6 Å². The third kappa shape index (κ3) is 4.19. The van der Waals surface area contributed by atoms with Crippen molar-refractivity contribution in [3.8, 4) is 0 Å². The summed E-state index contributed by atoms with van der Waals surface area (Å²) in [6.07, 6.45) is 6.93. The van der Waals surface area contributed by atoms with Crippen molar-refractivity contribution in [2.45, 2.75) is 46.5 Å². The SMILES string of the molecule is CC(=Cc1ccc(C(=O)O)cc1)c1ccc2c(c1)CCC(C)(C)CC2. The van der Waals surface area contributed by atoms with E-state index < -0.39 is 5.97 Å². The van der Waals surface area contributed by atoms with Crippen LogP contribution >= 0.6 is 0 Å². The molecule has 0 atom stereocenters. The summed E-state index contributed by atoms with van der Waals surface area (Å²) in [5.74, 6) is -0.888. The summed E-state index contributed by atoms with van der Waals surface area (Å²) in [5, 5.41) is 8.99. The molecular weight excluding hydrogens is 308 g/mol. The average Bonchev–Trinajstić information content (AvgIpc) is 2.73. The van der Waals surface area contributed by atoms with Crippen LogP contribution in [0.5, 0.6) is 0 Å². The van der Waals surface area contributed by atoms with Crippen LogP contribution < -0.4 is 0 Å². The second-order valence-corrected chi connectivity index (χ2v) is 7.90. The van der Waals surface area contributed by atoms with Gasteiger partial charge >= 0.3 is 5.97 Å². The van der Waals surface area contributed by atoms with Crippen molar-refractivity contribution in [1.82, 2.24) is 0 Å². The van der Waals surface area contributed by atoms with Gasteiger partial charge in [-0.15, -0.1) is 0 Å². The standard InChI is InChI=1S/C23H26O2/c1-16(14-17-4-6-19(7-5-17)22(24)25)20-9-8-18-10-12-23(2,3)13-11-21(18)15-20/h4-9,14-15H,10-13H2,1-3H3,(H,24,25). The number of rotatable bonds is 3. The van der Waals surface area contributed by atoms with Gasteiger partial charge in [-0.1, -0.05) is 50.3 Å². The Hall–Kier alpha value is -2.35. The first kappa shape index (κ1) is 17.5. The molecule has 0 amide bonds. The Morgan fingerprint density at radius 3 is 2.20 bits per heavy atom. The van der Waals surface area contributed by atoms with E-state index >= 15 is 0 Å². The molecule has 0 fully saturated rings. The molecule has 0 radical (unpaired) electrons. The number of benzene rings is 2. The molecule has 0 unspecified atom stereocenters. The van der Waals surface area contributed by atoms with E-state index in [2.05, 4.69) is 45.0 Å². The Morgan fingerprint density at radius 2 is 1.56 bits per heavy atom. The van der Waals surface area contributed by atoms with E-state index in [0.717, 1.165) is 12.0 Å². The molecule has 0 heterocycles. The Morgan fingerprint density at radius 1 is 0.960 bits per heavy atom. The summed E-state index contributed by atoms with van der Waals surface area (Å²) in [4.78, 5) is 11.0. The van der Waals surface area contributed by atoms with Crippen molar-refractivity contribution < 1.29 is 9.90 Å². The zero-order valence-corrected chi connectivity index (χ0v) is 15.3.